The summed E-state index contributed by atoms with van der Waals surface area (Å²) in [7, 11) is 0. The number of halogens is 3. The number of anilines is 1. The average Bonchev–Trinajstić information content (AvgIpc) is 2.59. The Bertz CT molecular complexity index is 728. The number of rotatable bonds is 5. The summed E-state index contributed by atoms with van der Waals surface area (Å²) in [5.41, 5.74) is 5.85. The van der Waals surface area contributed by atoms with Crippen molar-refractivity contribution in [1.82, 2.24) is 5.32 Å². The van der Waals surface area contributed by atoms with E-state index in [1.807, 2.05) is 30.3 Å². The van der Waals surface area contributed by atoms with E-state index in [0.717, 1.165) is 30.0 Å². The first-order valence-corrected chi connectivity index (χ1v) is 7.44. The van der Waals surface area contributed by atoms with Crippen LogP contribution in [0.15, 0.2) is 59.6 Å². The maximum atomic E-state index is 12.5. The predicted octanol–water partition coefficient (Wildman–Crippen LogP) is 2.86. The number of carbonyl (C=O) groups is 1. The van der Waals surface area contributed by atoms with Crippen molar-refractivity contribution < 1.29 is 18.0 Å². The van der Waals surface area contributed by atoms with E-state index in [2.05, 4.69) is 15.6 Å². The lowest BCUT2D eigenvalue weighted by atomic mass is 10.1. The molecule has 0 fully saturated rings. The molecule has 0 bridgehead atoms. The number of nitrogens with zero attached hydrogens (tertiary/aromatic N) is 1. The zero-order valence-corrected chi connectivity index (χ0v) is 13.2. The second kappa shape index (κ2) is 8.18. The molecule has 0 aliphatic heterocycles. The molecule has 8 heteroatoms. The van der Waals surface area contributed by atoms with Gasteiger partial charge in [-0.3, -0.25) is 9.79 Å². The SMILES string of the molecule is NC(=NCCNC(=O)c1ccc(C(F)(F)F)cc1)Nc1ccccc1. The normalized spacial score (nSPS) is 11.9. The van der Waals surface area contributed by atoms with Gasteiger partial charge < -0.3 is 16.4 Å². The number of aliphatic imine (C=N–C) groups is 1. The highest BCUT2D eigenvalue weighted by molar-refractivity contribution is 5.94. The van der Waals surface area contributed by atoms with Crippen LogP contribution in [0.1, 0.15) is 15.9 Å². The molecule has 0 heterocycles. The van der Waals surface area contributed by atoms with Gasteiger partial charge >= 0.3 is 6.18 Å². The molecule has 2 aromatic carbocycles. The fourth-order valence-electron chi connectivity index (χ4n) is 1.97. The van der Waals surface area contributed by atoms with Crippen LogP contribution >= 0.6 is 0 Å². The lowest BCUT2D eigenvalue weighted by molar-refractivity contribution is -0.137. The van der Waals surface area contributed by atoms with E-state index in [1.165, 1.54) is 0 Å². The van der Waals surface area contributed by atoms with Gasteiger partial charge in [0.1, 0.15) is 0 Å². The van der Waals surface area contributed by atoms with Crippen molar-refractivity contribution in [2.45, 2.75) is 6.18 Å². The van der Waals surface area contributed by atoms with Crippen LogP contribution in [0, 0.1) is 0 Å². The lowest BCUT2D eigenvalue weighted by Crippen LogP contribution is -2.28. The van der Waals surface area contributed by atoms with Gasteiger partial charge in [-0.05, 0) is 36.4 Å². The summed E-state index contributed by atoms with van der Waals surface area (Å²) in [4.78, 5) is 15.9. The summed E-state index contributed by atoms with van der Waals surface area (Å²) >= 11 is 0. The maximum absolute atomic E-state index is 12.5. The Morgan fingerprint density at radius 1 is 1.04 bits per heavy atom. The van der Waals surface area contributed by atoms with Gasteiger partial charge in [-0.2, -0.15) is 13.2 Å². The van der Waals surface area contributed by atoms with E-state index < -0.39 is 17.6 Å². The van der Waals surface area contributed by atoms with Gasteiger partial charge in [0.05, 0.1) is 12.1 Å². The van der Waals surface area contributed by atoms with Gasteiger partial charge in [0, 0.05) is 17.8 Å². The highest BCUT2D eigenvalue weighted by Gasteiger charge is 2.30. The predicted molar refractivity (Wildman–Crippen MR) is 90.3 cm³/mol. The van der Waals surface area contributed by atoms with Crippen molar-refractivity contribution in [3.63, 3.8) is 0 Å². The van der Waals surface area contributed by atoms with Gasteiger partial charge in [0.2, 0.25) is 0 Å². The number of benzene rings is 2. The monoisotopic (exact) mass is 350 g/mol. The van der Waals surface area contributed by atoms with Crippen LogP contribution in [0.4, 0.5) is 18.9 Å². The molecule has 0 aliphatic rings. The molecular formula is C17H17F3N4O. The topological polar surface area (TPSA) is 79.5 Å². The highest BCUT2D eigenvalue weighted by Crippen LogP contribution is 2.29. The van der Waals surface area contributed by atoms with Crippen molar-refractivity contribution in [1.29, 1.82) is 0 Å². The zero-order valence-electron chi connectivity index (χ0n) is 13.2. The Morgan fingerprint density at radius 2 is 1.68 bits per heavy atom. The second-order valence-corrected chi connectivity index (χ2v) is 5.09. The Morgan fingerprint density at radius 3 is 2.28 bits per heavy atom. The molecule has 132 valence electrons. The standard InChI is InChI=1S/C17H17F3N4O/c18-17(19,20)13-8-6-12(7-9-13)15(25)22-10-11-23-16(21)24-14-4-2-1-3-5-14/h1-9H,10-11H2,(H,22,25)(H3,21,23,24). The first-order chi connectivity index (χ1) is 11.9. The molecule has 0 atom stereocenters. The summed E-state index contributed by atoms with van der Waals surface area (Å²) < 4.78 is 37.4. The minimum atomic E-state index is -4.42. The number of hydrogen-bond acceptors (Lipinski definition) is 2. The first-order valence-electron chi connectivity index (χ1n) is 7.44. The van der Waals surface area contributed by atoms with Gasteiger partial charge in [-0.25, -0.2) is 0 Å². The van der Waals surface area contributed by atoms with Gasteiger partial charge in [-0.15, -0.1) is 0 Å². The van der Waals surface area contributed by atoms with Gasteiger partial charge in [0.25, 0.3) is 5.91 Å². The van der Waals surface area contributed by atoms with Crippen molar-refractivity contribution in [2.24, 2.45) is 10.7 Å². The average molecular weight is 350 g/mol. The third-order valence-electron chi connectivity index (χ3n) is 3.20. The van der Waals surface area contributed by atoms with Crippen molar-refractivity contribution in [3.05, 3.63) is 65.7 Å². The van der Waals surface area contributed by atoms with Crippen LogP contribution in [0.25, 0.3) is 0 Å². The van der Waals surface area contributed by atoms with E-state index >= 15 is 0 Å². The Hall–Kier alpha value is -3.03. The smallest absolute Gasteiger partial charge is 0.370 e. The number of hydrogen-bond donors (Lipinski definition) is 3. The third kappa shape index (κ3) is 5.83. The van der Waals surface area contributed by atoms with Crippen molar-refractivity contribution in [2.75, 3.05) is 18.4 Å². The molecule has 5 nitrogen and oxygen atoms in total. The van der Waals surface area contributed by atoms with E-state index in [-0.39, 0.29) is 24.6 Å². The van der Waals surface area contributed by atoms with Gasteiger partial charge in [0.15, 0.2) is 5.96 Å². The molecule has 4 N–H and O–H groups in total. The molecular weight excluding hydrogens is 333 g/mol. The summed E-state index contributed by atoms with van der Waals surface area (Å²) in [5.74, 6) is -0.270. The summed E-state index contributed by atoms with van der Waals surface area (Å²) in [6.45, 7) is 0.440. The molecule has 0 spiro atoms. The van der Waals surface area contributed by atoms with E-state index in [1.54, 1.807) is 0 Å². The Kier molecular flexibility index (Phi) is 5.99. The number of carbonyl (C=O) groups excluding carboxylic acids is 1. The van der Waals surface area contributed by atoms with Gasteiger partial charge in [-0.1, -0.05) is 18.2 Å². The maximum Gasteiger partial charge on any atom is 0.416 e. The fraction of sp³-hybridized carbons (Fsp3) is 0.176. The number of para-hydroxylation sites is 1. The Labute approximate surface area is 142 Å². The molecule has 0 saturated heterocycles. The van der Waals surface area contributed by atoms with E-state index in [9.17, 15) is 18.0 Å². The van der Waals surface area contributed by atoms with Crippen LogP contribution in [-0.4, -0.2) is 25.0 Å². The molecule has 0 radical (unpaired) electrons. The van der Waals surface area contributed by atoms with Crippen LogP contribution < -0.4 is 16.4 Å². The van der Waals surface area contributed by atoms with Crippen LogP contribution in [0.5, 0.6) is 0 Å². The number of guanidine groups is 1. The molecule has 0 aromatic heterocycles. The lowest BCUT2D eigenvalue weighted by Gasteiger charge is -2.08. The molecule has 0 saturated carbocycles. The quantitative estimate of drug-likeness (QED) is 0.441. The van der Waals surface area contributed by atoms with Crippen LogP contribution in [0.3, 0.4) is 0 Å². The number of nitrogens with two attached hydrogens (primary N) is 1. The third-order valence-corrected chi connectivity index (χ3v) is 3.20. The minimum Gasteiger partial charge on any atom is -0.370 e. The molecule has 25 heavy (non-hydrogen) atoms. The van der Waals surface area contributed by atoms with E-state index in [0.29, 0.717) is 0 Å². The first kappa shape index (κ1) is 18.3. The summed E-state index contributed by atoms with van der Waals surface area (Å²) in [6.07, 6.45) is -4.42. The largest absolute Gasteiger partial charge is 0.416 e. The zero-order chi connectivity index (χ0) is 18.3. The van der Waals surface area contributed by atoms with Crippen molar-refractivity contribution in [3.8, 4) is 0 Å². The van der Waals surface area contributed by atoms with Crippen LogP contribution in [0.2, 0.25) is 0 Å². The van der Waals surface area contributed by atoms with Crippen molar-refractivity contribution >= 4 is 17.6 Å². The van der Waals surface area contributed by atoms with E-state index in [4.69, 9.17) is 5.73 Å². The summed E-state index contributed by atoms with van der Waals surface area (Å²) in [6, 6.07) is 13.2. The molecule has 2 aromatic rings. The molecule has 0 unspecified atom stereocenters. The molecule has 2 rings (SSSR count). The van der Waals surface area contributed by atoms with Crippen LogP contribution in [-0.2, 0) is 6.18 Å². The number of amides is 1. The number of alkyl halides is 3. The summed E-state index contributed by atoms with van der Waals surface area (Å²) in [5, 5.41) is 5.46. The Balaban J connectivity index is 1.79. The fourth-order valence-corrected chi connectivity index (χ4v) is 1.97. The molecule has 1 amide bonds. The highest BCUT2D eigenvalue weighted by atomic mass is 19.4. The second-order valence-electron chi connectivity index (χ2n) is 5.09. The molecule has 0 aliphatic carbocycles. The number of nitrogens with one attached hydrogen (secondary N) is 2. The minimum absolute atomic E-state index is 0.146.